The number of nitrogens with one attached hydrogen (secondary N) is 1. The third-order valence-electron chi connectivity index (χ3n) is 6.21. The molecule has 1 saturated carbocycles. The number of carbonyl (C=O) groups excluding carboxylic acids is 2. The SMILES string of the molecule is CC(=O)c1ccc(-c2cc(Cl)c3c(c2)C[C@@H](CNC(=O)[C@H]2C[C@@H]4C=C[C@H]2C4)O3)s1. The van der Waals surface area contributed by atoms with Crippen LogP contribution in [0, 0.1) is 17.8 Å². The molecule has 29 heavy (non-hydrogen) atoms. The lowest BCUT2D eigenvalue weighted by Gasteiger charge is -2.19. The van der Waals surface area contributed by atoms with Gasteiger partial charge < -0.3 is 10.1 Å². The van der Waals surface area contributed by atoms with E-state index in [0.29, 0.717) is 35.6 Å². The van der Waals surface area contributed by atoms with Crippen molar-refractivity contribution in [3.63, 3.8) is 0 Å². The maximum Gasteiger partial charge on any atom is 0.223 e. The number of halogens is 1. The van der Waals surface area contributed by atoms with Crippen LogP contribution in [0.1, 0.15) is 35.0 Å². The monoisotopic (exact) mass is 427 g/mol. The van der Waals surface area contributed by atoms with E-state index in [2.05, 4.69) is 23.5 Å². The van der Waals surface area contributed by atoms with E-state index in [1.54, 1.807) is 6.92 Å². The number of rotatable bonds is 5. The Hall–Kier alpha value is -2.11. The van der Waals surface area contributed by atoms with Crippen molar-refractivity contribution in [2.45, 2.75) is 32.3 Å². The predicted octanol–water partition coefficient (Wildman–Crippen LogP) is 4.90. The number of Topliss-reactive ketones (excluding diaryl/α,β-unsaturated/α-hetero) is 1. The molecular formula is C23H22ClNO3S. The zero-order valence-corrected chi connectivity index (χ0v) is 17.7. The number of benzene rings is 1. The van der Waals surface area contributed by atoms with Gasteiger partial charge in [-0.1, -0.05) is 23.8 Å². The van der Waals surface area contributed by atoms with Crippen molar-refractivity contribution in [2.75, 3.05) is 6.54 Å². The van der Waals surface area contributed by atoms with Crippen LogP contribution in [-0.4, -0.2) is 24.3 Å². The third kappa shape index (κ3) is 3.51. The zero-order chi connectivity index (χ0) is 20.1. The highest BCUT2D eigenvalue weighted by atomic mass is 35.5. The minimum atomic E-state index is -0.105. The molecule has 1 aliphatic heterocycles. The van der Waals surface area contributed by atoms with Gasteiger partial charge in [0.05, 0.1) is 16.4 Å². The predicted molar refractivity (Wildman–Crippen MR) is 115 cm³/mol. The Morgan fingerprint density at radius 1 is 1.24 bits per heavy atom. The maximum atomic E-state index is 12.6. The second kappa shape index (κ2) is 7.29. The number of thiophene rings is 1. The molecule has 1 fully saturated rings. The second-order valence-electron chi connectivity index (χ2n) is 8.24. The van der Waals surface area contributed by atoms with Crippen LogP contribution in [0.5, 0.6) is 5.75 Å². The molecule has 150 valence electrons. The lowest BCUT2D eigenvalue weighted by Crippen LogP contribution is -2.39. The van der Waals surface area contributed by atoms with Gasteiger partial charge in [0.25, 0.3) is 0 Å². The summed E-state index contributed by atoms with van der Waals surface area (Å²) in [6, 6.07) is 7.78. The van der Waals surface area contributed by atoms with Gasteiger partial charge in [-0.3, -0.25) is 9.59 Å². The fourth-order valence-electron chi connectivity index (χ4n) is 4.75. The smallest absolute Gasteiger partial charge is 0.223 e. The Morgan fingerprint density at radius 2 is 2.10 bits per heavy atom. The minimum absolute atomic E-state index is 0.0682. The van der Waals surface area contributed by atoms with Crippen molar-refractivity contribution < 1.29 is 14.3 Å². The molecule has 2 bridgehead atoms. The molecule has 4 atom stereocenters. The lowest BCUT2D eigenvalue weighted by atomic mass is 9.93. The summed E-state index contributed by atoms with van der Waals surface area (Å²) in [4.78, 5) is 25.9. The Kier molecular flexibility index (Phi) is 4.75. The van der Waals surface area contributed by atoms with Crippen LogP contribution in [0.3, 0.4) is 0 Å². The van der Waals surface area contributed by atoms with Crippen molar-refractivity contribution in [1.29, 1.82) is 0 Å². The van der Waals surface area contributed by atoms with Gasteiger partial charge in [-0.25, -0.2) is 0 Å². The number of fused-ring (bicyclic) bond motifs is 3. The fourth-order valence-corrected chi connectivity index (χ4v) is 5.93. The summed E-state index contributed by atoms with van der Waals surface area (Å²) in [5.41, 5.74) is 2.04. The zero-order valence-electron chi connectivity index (χ0n) is 16.1. The Balaban J connectivity index is 1.25. The van der Waals surface area contributed by atoms with Crippen LogP contribution in [0.25, 0.3) is 10.4 Å². The van der Waals surface area contributed by atoms with Crippen LogP contribution < -0.4 is 10.1 Å². The van der Waals surface area contributed by atoms with Crippen LogP contribution in [0.2, 0.25) is 5.02 Å². The summed E-state index contributed by atoms with van der Waals surface area (Å²) in [5, 5.41) is 3.66. The average molecular weight is 428 g/mol. The summed E-state index contributed by atoms with van der Waals surface area (Å²) in [5.74, 6) is 2.02. The Bertz CT molecular complexity index is 1030. The summed E-state index contributed by atoms with van der Waals surface area (Å²) >= 11 is 7.96. The van der Waals surface area contributed by atoms with Gasteiger partial charge in [-0.05, 0) is 61.4 Å². The Morgan fingerprint density at radius 3 is 2.79 bits per heavy atom. The lowest BCUT2D eigenvalue weighted by molar-refractivity contribution is -0.126. The first-order chi connectivity index (χ1) is 14.0. The highest BCUT2D eigenvalue weighted by Gasteiger charge is 2.40. The van der Waals surface area contributed by atoms with Gasteiger partial charge in [0, 0.05) is 22.8 Å². The van der Waals surface area contributed by atoms with Gasteiger partial charge in [-0.15, -0.1) is 11.3 Å². The largest absolute Gasteiger partial charge is 0.486 e. The fraction of sp³-hybridized carbons (Fsp3) is 0.391. The molecule has 1 amide bonds. The van der Waals surface area contributed by atoms with Crippen LogP contribution in [-0.2, 0) is 11.2 Å². The molecule has 2 aromatic rings. The molecule has 1 aromatic heterocycles. The van der Waals surface area contributed by atoms with E-state index in [9.17, 15) is 9.59 Å². The van der Waals surface area contributed by atoms with E-state index in [1.807, 2.05) is 18.2 Å². The van der Waals surface area contributed by atoms with Gasteiger partial charge in [-0.2, -0.15) is 0 Å². The molecule has 0 spiro atoms. The van der Waals surface area contributed by atoms with Crippen molar-refractivity contribution in [1.82, 2.24) is 5.32 Å². The number of ether oxygens (including phenoxy) is 1. The van der Waals surface area contributed by atoms with Gasteiger partial charge in [0.1, 0.15) is 11.9 Å². The number of ketones is 1. The molecule has 0 radical (unpaired) electrons. The van der Waals surface area contributed by atoms with Crippen LogP contribution in [0.4, 0.5) is 0 Å². The number of carbonyl (C=O) groups is 2. The summed E-state index contributed by atoms with van der Waals surface area (Å²) in [7, 11) is 0. The quantitative estimate of drug-likeness (QED) is 0.545. The molecular weight excluding hydrogens is 406 g/mol. The molecule has 2 heterocycles. The first-order valence-electron chi connectivity index (χ1n) is 10.0. The van der Waals surface area contributed by atoms with E-state index < -0.39 is 0 Å². The Labute approximate surface area is 178 Å². The summed E-state index contributed by atoms with van der Waals surface area (Å²) in [6.07, 6.45) is 7.14. The molecule has 1 N–H and O–H groups in total. The van der Waals surface area contributed by atoms with Gasteiger partial charge >= 0.3 is 0 Å². The molecule has 0 unspecified atom stereocenters. The first-order valence-corrected chi connectivity index (χ1v) is 11.2. The molecule has 3 aliphatic rings. The maximum absolute atomic E-state index is 12.6. The van der Waals surface area contributed by atoms with Crippen LogP contribution >= 0.6 is 22.9 Å². The first kappa shape index (κ1) is 18.9. The normalized spacial score (nSPS) is 26.4. The van der Waals surface area contributed by atoms with Crippen molar-refractivity contribution in [3.05, 3.63) is 51.9 Å². The minimum Gasteiger partial charge on any atom is -0.486 e. The van der Waals surface area contributed by atoms with E-state index in [-0.39, 0.29) is 23.7 Å². The molecule has 5 rings (SSSR count). The van der Waals surface area contributed by atoms with E-state index in [1.165, 1.54) is 11.3 Å². The standard InChI is InChI=1S/C23H22ClNO3S/c1-12(26)20-4-5-21(29-20)15-8-16-9-17(28-22(16)19(24)10-15)11-25-23(27)18-7-13-2-3-14(18)6-13/h2-5,8,10,13-14,17-18H,6-7,9,11H2,1H3,(H,25,27)/t13-,14+,17+,18+/m1/s1. The second-order valence-corrected chi connectivity index (χ2v) is 9.73. The van der Waals surface area contributed by atoms with Gasteiger partial charge in [0.2, 0.25) is 5.91 Å². The number of hydrogen-bond acceptors (Lipinski definition) is 4. The topological polar surface area (TPSA) is 55.4 Å². The summed E-state index contributed by atoms with van der Waals surface area (Å²) in [6.45, 7) is 2.06. The third-order valence-corrected chi connectivity index (χ3v) is 7.73. The number of amides is 1. The van der Waals surface area contributed by atoms with Gasteiger partial charge in [0.15, 0.2) is 5.78 Å². The van der Waals surface area contributed by atoms with Crippen molar-refractivity contribution in [3.8, 4) is 16.2 Å². The van der Waals surface area contributed by atoms with Crippen LogP contribution in [0.15, 0.2) is 36.4 Å². The molecule has 4 nitrogen and oxygen atoms in total. The average Bonchev–Trinajstić information content (AvgIpc) is 3.48. The molecule has 1 aromatic carbocycles. The van der Waals surface area contributed by atoms with E-state index >= 15 is 0 Å². The molecule has 6 heteroatoms. The van der Waals surface area contributed by atoms with E-state index in [4.69, 9.17) is 16.3 Å². The van der Waals surface area contributed by atoms with Crippen molar-refractivity contribution >= 4 is 34.6 Å². The number of hydrogen-bond donors (Lipinski definition) is 1. The highest BCUT2D eigenvalue weighted by molar-refractivity contribution is 7.17. The number of allylic oxidation sites excluding steroid dienone is 2. The van der Waals surface area contributed by atoms with Crippen molar-refractivity contribution in [2.24, 2.45) is 17.8 Å². The van der Waals surface area contributed by atoms with E-state index in [0.717, 1.165) is 33.7 Å². The molecule has 2 aliphatic carbocycles. The highest BCUT2D eigenvalue weighted by Crippen LogP contribution is 2.44. The summed E-state index contributed by atoms with van der Waals surface area (Å²) < 4.78 is 6.04. The molecule has 0 saturated heterocycles.